The normalized spacial score (nSPS) is 14.2. The van der Waals surface area contributed by atoms with Crippen molar-refractivity contribution in [1.82, 2.24) is 35.2 Å². The molecular formula is C18H17ClFN7O3. The van der Waals surface area contributed by atoms with Gasteiger partial charge in [0.25, 0.3) is 5.91 Å². The summed E-state index contributed by atoms with van der Waals surface area (Å²) in [5.74, 6) is -0.820. The molecule has 1 aliphatic heterocycles. The van der Waals surface area contributed by atoms with E-state index in [9.17, 15) is 14.0 Å². The van der Waals surface area contributed by atoms with E-state index in [2.05, 4.69) is 20.7 Å². The number of hydrogen-bond donors (Lipinski definition) is 0. The number of carbonyl (C=O) groups is 2. The van der Waals surface area contributed by atoms with Crippen LogP contribution in [-0.4, -0.2) is 73.2 Å². The maximum absolute atomic E-state index is 14.4. The van der Waals surface area contributed by atoms with Crippen molar-refractivity contribution in [2.75, 3.05) is 26.2 Å². The molecule has 1 aliphatic rings. The van der Waals surface area contributed by atoms with E-state index in [0.29, 0.717) is 26.2 Å². The van der Waals surface area contributed by atoms with Gasteiger partial charge in [0, 0.05) is 26.2 Å². The number of hydrogen-bond acceptors (Lipinski definition) is 7. The average Bonchev–Trinajstić information content (AvgIpc) is 3.37. The summed E-state index contributed by atoms with van der Waals surface area (Å²) in [4.78, 5) is 28.7. The molecule has 0 N–H and O–H groups in total. The number of tetrazole rings is 1. The van der Waals surface area contributed by atoms with Crippen molar-refractivity contribution in [1.29, 1.82) is 0 Å². The fraction of sp³-hybridized carbons (Fsp3) is 0.333. The fourth-order valence-corrected chi connectivity index (χ4v) is 3.58. The van der Waals surface area contributed by atoms with Gasteiger partial charge in [0.1, 0.15) is 35.7 Å². The molecule has 0 spiro atoms. The van der Waals surface area contributed by atoms with Gasteiger partial charge in [-0.3, -0.25) is 9.59 Å². The van der Waals surface area contributed by atoms with Crippen LogP contribution < -0.4 is 0 Å². The number of amides is 2. The zero-order chi connectivity index (χ0) is 21.3. The summed E-state index contributed by atoms with van der Waals surface area (Å²) >= 11 is 6.14. The molecule has 0 atom stereocenters. The lowest BCUT2D eigenvalue weighted by Crippen LogP contribution is -2.51. The molecule has 4 rings (SSSR count). The van der Waals surface area contributed by atoms with Gasteiger partial charge in [-0.1, -0.05) is 22.8 Å². The molecule has 0 radical (unpaired) electrons. The molecule has 1 aromatic carbocycles. The van der Waals surface area contributed by atoms with Crippen LogP contribution in [0.3, 0.4) is 0 Å². The summed E-state index contributed by atoms with van der Waals surface area (Å²) in [6, 6.07) is 4.24. The van der Waals surface area contributed by atoms with E-state index in [1.54, 1.807) is 16.7 Å². The lowest BCUT2D eigenvalue weighted by molar-refractivity contribution is -0.133. The number of carbonyl (C=O) groups excluding carboxylic acids is 2. The number of aryl methyl sites for hydroxylation is 1. The topological polar surface area (TPSA) is 110 Å². The first-order chi connectivity index (χ1) is 14.5. The third-order valence-corrected chi connectivity index (χ3v) is 5.20. The standard InChI is InChI=1S/C18H17ClFN7O3/c1-11-15(17(22-30-11)16-12(19)3-2-4-13(16)20)18(29)26-7-5-25(6-8-26)14(28)9-27-10-21-23-24-27/h2-4,10H,5-9H2,1H3. The maximum atomic E-state index is 14.4. The Morgan fingerprint density at radius 3 is 2.60 bits per heavy atom. The summed E-state index contributed by atoms with van der Waals surface area (Å²) in [6.45, 7) is 2.95. The second kappa shape index (κ2) is 8.19. The predicted molar refractivity (Wildman–Crippen MR) is 102 cm³/mol. The van der Waals surface area contributed by atoms with Crippen LogP contribution in [0.5, 0.6) is 0 Å². The molecule has 156 valence electrons. The fourth-order valence-electron chi connectivity index (χ4n) is 3.33. The van der Waals surface area contributed by atoms with E-state index < -0.39 is 5.82 Å². The summed E-state index contributed by atoms with van der Waals surface area (Å²) in [5.41, 5.74) is 0.253. The lowest BCUT2D eigenvalue weighted by atomic mass is 10.0. The molecule has 2 aromatic heterocycles. The molecule has 30 heavy (non-hydrogen) atoms. The van der Waals surface area contributed by atoms with Gasteiger partial charge in [0.2, 0.25) is 5.91 Å². The Kier molecular flexibility index (Phi) is 5.44. The van der Waals surface area contributed by atoms with Crippen molar-refractivity contribution in [3.8, 4) is 11.3 Å². The van der Waals surface area contributed by atoms with Gasteiger partial charge < -0.3 is 14.3 Å². The molecule has 0 aliphatic carbocycles. The average molecular weight is 434 g/mol. The van der Waals surface area contributed by atoms with Crippen LogP contribution in [0.4, 0.5) is 4.39 Å². The number of rotatable bonds is 4. The van der Waals surface area contributed by atoms with E-state index in [4.69, 9.17) is 16.1 Å². The van der Waals surface area contributed by atoms with Crippen molar-refractivity contribution >= 4 is 23.4 Å². The molecule has 1 saturated heterocycles. The Morgan fingerprint density at radius 2 is 1.93 bits per heavy atom. The molecule has 1 fully saturated rings. The van der Waals surface area contributed by atoms with Gasteiger partial charge in [-0.25, -0.2) is 9.07 Å². The highest BCUT2D eigenvalue weighted by Gasteiger charge is 2.31. The summed E-state index contributed by atoms with van der Waals surface area (Å²) in [5, 5.41) is 14.7. The lowest BCUT2D eigenvalue weighted by Gasteiger charge is -2.34. The highest BCUT2D eigenvalue weighted by molar-refractivity contribution is 6.33. The third kappa shape index (κ3) is 3.75. The molecule has 10 nitrogen and oxygen atoms in total. The Balaban J connectivity index is 1.49. The van der Waals surface area contributed by atoms with Crippen LogP contribution in [0.1, 0.15) is 16.1 Å². The molecule has 2 amide bonds. The Bertz CT molecular complexity index is 1060. The largest absolute Gasteiger partial charge is 0.360 e. The molecule has 0 bridgehead atoms. The minimum Gasteiger partial charge on any atom is -0.360 e. The Morgan fingerprint density at radius 1 is 1.20 bits per heavy atom. The zero-order valence-electron chi connectivity index (χ0n) is 16.0. The number of benzene rings is 1. The van der Waals surface area contributed by atoms with Crippen molar-refractivity contribution in [3.05, 3.63) is 46.7 Å². The third-order valence-electron chi connectivity index (χ3n) is 4.88. The minimum atomic E-state index is -0.595. The smallest absolute Gasteiger partial charge is 0.259 e. The zero-order valence-corrected chi connectivity index (χ0v) is 16.7. The second-order valence-electron chi connectivity index (χ2n) is 6.74. The van der Waals surface area contributed by atoms with Gasteiger partial charge >= 0.3 is 0 Å². The van der Waals surface area contributed by atoms with Gasteiger partial charge in [-0.05, 0) is 29.5 Å². The summed E-state index contributed by atoms with van der Waals surface area (Å²) in [6.07, 6.45) is 1.36. The first-order valence-electron chi connectivity index (χ1n) is 9.14. The molecule has 3 aromatic rings. The van der Waals surface area contributed by atoms with Crippen molar-refractivity contribution in [3.63, 3.8) is 0 Å². The van der Waals surface area contributed by atoms with Crippen molar-refractivity contribution in [2.24, 2.45) is 0 Å². The van der Waals surface area contributed by atoms with Crippen LogP contribution in [0.15, 0.2) is 29.0 Å². The summed E-state index contributed by atoms with van der Waals surface area (Å²) in [7, 11) is 0. The van der Waals surface area contributed by atoms with E-state index in [1.165, 1.54) is 29.2 Å². The highest BCUT2D eigenvalue weighted by atomic mass is 35.5. The van der Waals surface area contributed by atoms with Crippen molar-refractivity contribution < 1.29 is 18.5 Å². The van der Waals surface area contributed by atoms with Crippen LogP contribution in [-0.2, 0) is 11.3 Å². The van der Waals surface area contributed by atoms with E-state index in [1.807, 2.05) is 0 Å². The molecule has 0 saturated carbocycles. The van der Waals surface area contributed by atoms with Crippen LogP contribution >= 0.6 is 11.6 Å². The SMILES string of the molecule is Cc1onc(-c2c(F)cccc2Cl)c1C(=O)N1CCN(C(=O)Cn2cnnn2)CC1. The monoisotopic (exact) mass is 433 g/mol. The van der Waals surface area contributed by atoms with Gasteiger partial charge in [-0.2, -0.15) is 0 Å². The van der Waals surface area contributed by atoms with Crippen LogP contribution in [0, 0.1) is 12.7 Å². The number of piperazine rings is 1. The Hall–Kier alpha value is -3.34. The Labute approximate surface area is 175 Å². The minimum absolute atomic E-state index is 0.0228. The number of halogens is 2. The predicted octanol–water partition coefficient (Wildman–Crippen LogP) is 1.41. The number of aromatic nitrogens is 5. The molecular weight excluding hydrogens is 417 g/mol. The second-order valence-corrected chi connectivity index (χ2v) is 7.15. The summed E-state index contributed by atoms with van der Waals surface area (Å²) < 4.78 is 20.9. The van der Waals surface area contributed by atoms with Crippen molar-refractivity contribution in [2.45, 2.75) is 13.5 Å². The van der Waals surface area contributed by atoms with Crippen LogP contribution in [0.25, 0.3) is 11.3 Å². The maximum Gasteiger partial charge on any atom is 0.259 e. The number of nitrogens with zero attached hydrogens (tertiary/aromatic N) is 7. The van der Waals surface area contributed by atoms with Gasteiger partial charge in [0.05, 0.1) is 10.6 Å². The van der Waals surface area contributed by atoms with E-state index in [-0.39, 0.29) is 46.0 Å². The van der Waals surface area contributed by atoms with E-state index >= 15 is 0 Å². The molecule has 0 unspecified atom stereocenters. The van der Waals surface area contributed by atoms with Gasteiger partial charge in [0.15, 0.2) is 0 Å². The molecule has 3 heterocycles. The first kappa shape index (κ1) is 20.0. The quantitative estimate of drug-likeness (QED) is 0.611. The van der Waals surface area contributed by atoms with Gasteiger partial charge in [-0.15, -0.1) is 5.10 Å². The van der Waals surface area contributed by atoms with Crippen LogP contribution in [0.2, 0.25) is 5.02 Å². The first-order valence-corrected chi connectivity index (χ1v) is 9.52. The van der Waals surface area contributed by atoms with E-state index in [0.717, 1.165) is 0 Å². The molecule has 12 heteroatoms. The highest BCUT2D eigenvalue weighted by Crippen LogP contribution is 2.34.